The van der Waals surface area contributed by atoms with Crippen molar-refractivity contribution in [1.82, 2.24) is 20.1 Å². The van der Waals surface area contributed by atoms with E-state index in [4.69, 9.17) is 27.9 Å². The number of carbonyl (C=O) groups is 2. The Balaban J connectivity index is 1.74. The second-order valence-corrected chi connectivity index (χ2v) is 10.6. The SMILES string of the molecule is C=CCn1c(SCC(=O)Nc2ccc(OCC)cc2)nnc1[C@@H](CC(C)C)NC(=O)c1ccc(Cl)cc1Cl. The van der Waals surface area contributed by atoms with Gasteiger partial charge in [0.25, 0.3) is 5.91 Å². The van der Waals surface area contributed by atoms with E-state index in [9.17, 15) is 9.59 Å². The Morgan fingerprint density at radius 3 is 2.53 bits per heavy atom. The molecule has 0 saturated carbocycles. The van der Waals surface area contributed by atoms with Crippen LogP contribution in [0.15, 0.2) is 60.3 Å². The minimum absolute atomic E-state index is 0.129. The van der Waals surface area contributed by atoms with Crippen molar-refractivity contribution in [2.45, 2.75) is 44.9 Å². The maximum Gasteiger partial charge on any atom is 0.253 e. The molecule has 0 unspecified atom stereocenters. The van der Waals surface area contributed by atoms with Gasteiger partial charge >= 0.3 is 0 Å². The third kappa shape index (κ3) is 8.24. The summed E-state index contributed by atoms with van der Waals surface area (Å²) in [7, 11) is 0. The minimum atomic E-state index is -0.436. The Morgan fingerprint density at radius 1 is 1.16 bits per heavy atom. The van der Waals surface area contributed by atoms with Crippen molar-refractivity contribution in [3.8, 4) is 5.75 Å². The summed E-state index contributed by atoms with van der Waals surface area (Å²) in [6.07, 6.45) is 2.34. The highest BCUT2D eigenvalue weighted by Gasteiger charge is 2.25. The number of benzene rings is 2. The van der Waals surface area contributed by atoms with Crippen LogP contribution in [0.25, 0.3) is 0 Å². The predicted octanol–water partition coefficient (Wildman–Crippen LogP) is 6.42. The Hall–Kier alpha value is -3.01. The van der Waals surface area contributed by atoms with Crippen molar-refractivity contribution in [3.05, 3.63) is 76.6 Å². The average molecular weight is 577 g/mol. The number of carbonyl (C=O) groups excluding carboxylic acids is 2. The molecule has 0 aliphatic rings. The van der Waals surface area contributed by atoms with Gasteiger partial charge in [-0.05, 0) is 61.7 Å². The van der Waals surface area contributed by atoms with Gasteiger partial charge in [-0.2, -0.15) is 0 Å². The van der Waals surface area contributed by atoms with Gasteiger partial charge in [0.05, 0.1) is 29.0 Å². The van der Waals surface area contributed by atoms with E-state index < -0.39 is 6.04 Å². The maximum absolute atomic E-state index is 13.1. The summed E-state index contributed by atoms with van der Waals surface area (Å²) in [5.74, 6) is 1.18. The molecular weight excluding hydrogens is 545 g/mol. The van der Waals surface area contributed by atoms with Crippen molar-refractivity contribution in [2.75, 3.05) is 17.7 Å². The third-order valence-corrected chi connectivity index (χ3v) is 6.85. The molecule has 202 valence electrons. The van der Waals surface area contributed by atoms with Gasteiger partial charge in [0.1, 0.15) is 5.75 Å². The van der Waals surface area contributed by atoms with Crippen molar-refractivity contribution in [3.63, 3.8) is 0 Å². The fourth-order valence-corrected chi connectivity index (χ4v) is 4.95. The lowest BCUT2D eigenvalue weighted by molar-refractivity contribution is -0.113. The fourth-order valence-electron chi connectivity index (χ4n) is 3.70. The third-order valence-electron chi connectivity index (χ3n) is 5.34. The summed E-state index contributed by atoms with van der Waals surface area (Å²) in [6.45, 7) is 10.9. The molecule has 1 heterocycles. The molecule has 0 spiro atoms. The number of hydrogen-bond donors (Lipinski definition) is 2. The normalized spacial score (nSPS) is 11.7. The lowest BCUT2D eigenvalue weighted by atomic mass is 10.0. The second-order valence-electron chi connectivity index (χ2n) is 8.81. The molecule has 8 nitrogen and oxygen atoms in total. The quantitative estimate of drug-likeness (QED) is 0.180. The zero-order chi connectivity index (χ0) is 27.7. The van der Waals surface area contributed by atoms with E-state index in [-0.39, 0.29) is 28.5 Å². The first-order chi connectivity index (χ1) is 18.2. The summed E-state index contributed by atoms with van der Waals surface area (Å²) in [4.78, 5) is 25.7. The van der Waals surface area contributed by atoms with Gasteiger partial charge < -0.3 is 19.9 Å². The molecular formula is C27H31Cl2N5O3S. The van der Waals surface area contributed by atoms with Crippen LogP contribution in [0.4, 0.5) is 5.69 Å². The molecule has 3 aromatic rings. The highest BCUT2D eigenvalue weighted by molar-refractivity contribution is 7.99. The summed E-state index contributed by atoms with van der Waals surface area (Å²) in [6, 6.07) is 11.5. The Morgan fingerprint density at radius 2 is 1.89 bits per heavy atom. The maximum atomic E-state index is 13.1. The lowest BCUT2D eigenvalue weighted by Crippen LogP contribution is -2.32. The number of hydrogen-bond acceptors (Lipinski definition) is 6. The Kier molecular flexibility index (Phi) is 11.1. The van der Waals surface area contributed by atoms with Crippen LogP contribution in [-0.2, 0) is 11.3 Å². The molecule has 3 rings (SSSR count). The van der Waals surface area contributed by atoms with Gasteiger partial charge in [-0.1, -0.05) is 54.9 Å². The van der Waals surface area contributed by atoms with E-state index in [2.05, 4.69) is 41.3 Å². The minimum Gasteiger partial charge on any atom is -0.494 e. The number of halogens is 2. The number of aromatic nitrogens is 3. The van der Waals surface area contributed by atoms with Crippen LogP contribution in [0, 0.1) is 5.92 Å². The van der Waals surface area contributed by atoms with Crippen LogP contribution in [0.1, 0.15) is 49.4 Å². The van der Waals surface area contributed by atoms with Gasteiger partial charge in [0.15, 0.2) is 11.0 Å². The van der Waals surface area contributed by atoms with Gasteiger partial charge in [-0.25, -0.2) is 0 Å². The van der Waals surface area contributed by atoms with Crippen LogP contribution in [-0.4, -0.2) is 38.9 Å². The monoisotopic (exact) mass is 575 g/mol. The molecule has 2 N–H and O–H groups in total. The molecule has 2 aromatic carbocycles. The number of rotatable bonds is 13. The summed E-state index contributed by atoms with van der Waals surface area (Å²) < 4.78 is 7.29. The first-order valence-electron chi connectivity index (χ1n) is 12.2. The number of allylic oxidation sites excluding steroid dienone is 1. The molecule has 0 aliphatic heterocycles. The molecule has 2 amide bonds. The first kappa shape index (κ1) is 29.5. The number of nitrogens with one attached hydrogen (secondary N) is 2. The highest BCUT2D eigenvalue weighted by Crippen LogP contribution is 2.27. The van der Waals surface area contributed by atoms with Crippen LogP contribution < -0.4 is 15.4 Å². The van der Waals surface area contributed by atoms with Crippen molar-refractivity contribution in [2.24, 2.45) is 5.92 Å². The molecule has 38 heavy (non-hydrogen) atoms. The molecule has 0 radical (unpaired) electrons. The van der Waals surface area contributed by atoms with Crippen LogP contribution in [0.3, 0.4) is 0 Å². The number of thioether (sulfide) groups is 1. The van der Waals surface area contributed by atoms with Gasteiger partial charge in [-0.3, -0.25) is 9.59 Å². The van der Waals surface area contributed by atoms with Gasteiger partial charge in [-0.15, -0.1) is 16.8 Å². The Bertz CT molecular complexity index is 1260. The van der Waals surface area contributed by atoms with E-state index >= 15 is 0 Å². The van der Waals surface area contributed by atoms with Crippen molar-refractivity contribution < 1.29 is 14.3 Å². The smallest absolute Gasteiger partial charge is 0.253 e. The molecule has 0 aliphatic carbocycles. The second kappa shape index (κ2) is 14.2. The average Bonchev–Trinajstić information content (AvgIpc) is 3.26. The Labute approximate surface area is 237 Å². The van der Waals surface area contributed by atoms with Crippen LogP contribution in [0.2, 0.25) is 10.0 Å². The van der Waals surface area contributed by atoms with Crippen molar-refractivity contribution in [1.29, 1.82) is 0 Å². The topological polar surface area (TPSA) is 98.1 Å². The number of ether oxygens (including phenoxy) is 1. The molecule has 1 aromatic heterocycles. The first-order valence-corrected chi connectivity index (χ1v) is 13.9. The zero-order valence-corrected chi connectivity index (χ0v) is 23.9. The molecule has 0 bridgehead atoms. The number of anilines is 1. The number of amides is 2. The van der Waals surface area contributed by atoms with Gasteiger partial charge in [0, 0.05) is 17.3 Å². The number of nitrogens with zero attached hydrogens (tertiary/aromatic N) is 3. The fraction of sp³-hybridized carbons (Fsp3) is 0.333. The summed E-state index contributed by atoms with van der Waals surface area (Å²) >= 11 is 13.5. The molecule has 1 atom stereocenters. The molecule has 0 saturated heterocycles. The van der Waals surface area contributed by atoms with E-state index in [1.165, 1.54) is 17.8 Å². The van der Waals surface area contributed by atoms with E-state index in [1.807, 2.05) is 11.5 Å². The zero-order valence-electron chi connectivity index (χ0n) is 21.5. The summed E-state index contributed by atoms with van der Waals surface area (Å²) in [5.41, 5.74) is 0.994. The lowest BCUT2D eigenvalue weighted by Gasteiger charge is -2.21. The van der Waals surface area contributed by atoms with E-state index in [0.29, 0.717) is 46.8 Å². The summed E-state index contributed by atoms with van der Waals surface area (Å²) in [5, 5.41) is 15.9. The van der Waals surface area contributed by atoms with E-state index in [1.54, 1.807) is 42.5 Å². The van der Waals surface area contributed by atoms with Crippen LogP contribution >= 0.6 is 35.0 Å². The van der Waals surface area contributed by atoms with Crippen molar-refractivity contribution >= 4 is 52.5 Å². The van der Waals surface area contributed by atoms with E-state index in [0.717, 1.165) is 5.75 Å². The standard InChI is InChI=1S/C27H31Cl2N5O3S/c1-5-13-34-25(23(14-17(3)4)31-26(36)21-12-7-18(28)15-22(21)29)32-33-27(34)38-16-24(35)30-19-8-10-20(11-9-19)37-6-2/h5,7-12,15,17,23H,1,6,13-14,16H2,2-4H3,(H,30,35)(H,31,36)/t23-/m1/s1. The highest BCUT2D eigenvalue weighted by atomic mass is 35.5. The largest absolute Gasteiger partial charge is 0.494 e. The predicted molar refractivity (Wildman–Crippen MR) is 153 cm³/mol. The molecule has 0 fully saturated rings. The van der Waals surface area contributed by atoms with Gasteiger partial charge in [0.2, 0.25) is 5.91 Å². The van der Waals surface area contributed by atoms with Crippen LogP contribution in [0.5, 0.6) is 5.75 Å². The molecule has 11 heteroatoms.